The highest BCUT2D eigenvalue weighted by atomic mass is 14.8. The second-order valence-corrected chi connectivity index (χ2v) is 2.79. The van der Waals surface area contributed by atoms with Crippen LogP contribution in [0.4, 0.5) is 5.69 Å². The molecule has 0 aliphatic rings. The molecule has 0 aromatic heterocycles. The molecule has 0 radical (unpaired) electrons. The third kappa shape index (κ3) is 5.17. The van der Waals surface area contributed by atoms with Crippen LogP contribution in [0.25, 0.3) is 0 Å². The molecule has 0 spiro atoms. The molecule has 0 bridgehead atoms. The molecule has 0 fully saturated rings. The van der Waals surface area contributed by atoms with Crippen LogP contribution >= 0.6 is 0 Å². The Balaban J connectivity index is 0.000000162. The zero-order valence-corrected chi connectivity index (χ0v) is 8.43. The van der Waals surface area contributed by atoms with Crippen molar-refractivity contribution >= 4 is 5.69 Å². The number of hydrogen-bond donors (Lipinski definition) is 1. The van der Waals surface area contributed by atoms with Gasteiger partial charge in [0.2, 0.25) is 0 Å². The molecule has 2 aromatic rings. The number of anilines is 1. The molecule has 74 valence electrons. The maximum Gasteiger partial charge on any atom is 0.0459 e. The van der Waals surface area contributed by atoms with E-state index in [0.29, 0.717) is 0 Å². The van der Waals surface area contributed by atoms with Crippen molar-refractivity contribution < 1.29 is 0 Å². The quantitative estimate of drug-likeness (QED) is 0.543. The van der Waals surface area contributed by atoms with E-state index < -0.39 is 0 Å². The van der Waals surface area contributed by atoms with Gasteiger partial charge in [-0.15, -0.1) is 0 Å². The highest BCUT2D eigenvalue weighted by Crippen LogP contribution is 2.02. The number of terminal acetylenes is 1. The minimum atomic E-state index is 0.958. The van der Waals surface area contributed by atoms with Crippen LogP contribution in [0.1, 0.15) is 0 Å². The number of nitrogens with one attached hydrogen (secondary N) is 1. The first-order chi connectivity index (χ1) is 7.43. The number of benzene rings is 2. The van der Waals surface area contributed by atoms with Crippen LogP contribution in [0.2, 0.25) is 0 Å². The summed E-state index contributed by atoms with van der Waals surface area (Å²) >= 11 is 0. The molecule has 0 saturated carbocycles. The summed E-state index contributed by atoms with van der Waals surface area (Å²) < 4.78 is 0. The fourth-order valence-electron chi connectivity index (χ4n) is 0.990. The van der Waals surface area contributed by atoms with Gasteiger partial charge in [-0.1, -0.05) is 61.0 Å². The van der Waals surface area contributed by atoms with Crippen molar-refractivity contribution in [3.8, 4) is 12.5 Å². The minimum Gasteiger partial charge on any atom is -0.315 e. The van der Waals surface area contributed by atoms with Gasteiger partial charge in [0, 0.05) is 11.7 Å². The van der Waals surface area contributed by atoms with Gasteiger partial charge in [0.05, 0.1) is 0 Å². The summed E-state index contributed by atoms with van der Waals surface area (Å²) in [5.74, 6) is 0. The Kier molecular flexibility index (Phi) is 5.24. The lowest BCUT2D eigenvalue weighted by atomic mass is 10.3. The van der Waals surface area contributed by atoms with Crippen LogP contribution < -0.4 is 5.32 Å². The average molecular weight is 195 g/mol. The molecule has 0 unspecified atom stereocenters. The zero-order valence-electron chi connectivity index (χ0n) is 8.43. The normalized spacial score (nSPS) is 7.93. The number of para-hydroxylation sites is 1. The summed E-state index contributed by atoms with van der Waals surface area (Å²) in [6, 6.07) is 24.0. The van der Waals surface area contributed by atoms with E-state index in [2.05, 4.69) is 11.4 Å². The molecule has 1 heteroatoms. The Bertz CT molecular complexity index is 360. The van der Waals surface area contributed by atoms with Gasteiger partial charge in [-0.25, -0.2) is 0 Å². The maximum atomic E-state index is 5.00. The number of hydrogen-bond acceptors (Lipinski definition) is 1. The van der Waals surface area contributed by atoms with Crippen molar-refractivity contribution in [2.75, 3.05) is 5.32 Å². The van der Waals surface area contributed by atoms with Gasteiger partial charge in [-0.2, -0.15) is 0 Å². The fourth-order valence-corrected chi connectivity index (χ4v) is 0.990. The van der Waals surface area contributed by atoms with E-state index in [4.69, 9.17) is 6.42 Å². The van der Waals surface area contributed by atoms with Crippen LogP contribution in [-0.4, -0.2) is 0 Å². The Morgan fingerprint density at radius 1 is 0.733 bits per heavy atom. The first-order valence-electron chi connectivity index (χ1n) is 4.70. The predicted octanol–water partition coefficient (Wildman–Crippen LogP) is 3.38. The lowest BCUT2D eigenvalue weighted by Crippen LogP contribution is -1.83. The average Bonchev–Trinajstić information content (AvgIpc) is 2.34. The monoisotopic (exact) mass is 195 g/mol. The summed E-state index contributed by atoms with van der Waals surface area (Å²) in [6.45, 7) is 0. The smallest absolute Gasteiger partial charge is 0.0459 e. The molecular formula is C14H13N. The molecule has 1 N–H and O–H groups in total. The first-order valence-corrected chi connectivity index (χ1v) is 4.70. The molecule has 2 rings (SSSR count). The highest BCUT2D eigenvalue weighted by Gasteiger charge is 1.80. The Morgan fingerprint density at radius 3 is 1.53 bits per heavy atom. The van der Waals surface area contributed by atoms with E-state index in [-0.39, 0.29) is 0 Å². The first kappa shape index (κ1) is 10.9. The van der Waals surface area contributed by atoms with Crippen LogP contribution in [-0.2, 0) is 0 Å². The van der Waals surface area contributed by atoms with Crippen molar-refractivity contribution in [3.05, 3.63) is 66.7 Å². The summed E-state index contributed by atoms with van der Waals surface area (Å²) in [6.07, 6.45) is 5.00. The zero-order chi connectivity index (χ0) is 10.8. The van der Waals surface area contributed by atoms with Gasteiger partial charge in [0.1, 0.15) is 0 Å². The van der Waals surface area contributed by atoms with E-state index in [1.165, 1.54) is 0 Å². The molecule has 0 atom stereocenters. The standard InChI is InChI=1S/C8H7N.C6H6/c1-2-9-8-6-4-3-5-7-8;1-2-4-6-5-3-1/h1,3-7,9H;1-6H. The van der Waals surface area contributed by atoms with Gasteiger partial charge < -0.3 is 5.32 Å². The van der Waals surface area contributed by atoms with Crippen LogP contribution in [0.3, 0.4) is 0 Å². The molecule has 0 amide bonds. The van der Waals surface area contributed by atoms with Gasteiger partial charge >= 0.3 is 0 Å². The van der Waals surface area contributed by atoms with E-state index in [9.17, 15) is 0 Å². The van der Waals surface area contributed by atoms with E-state index >= 15 is 0 Å². The number of rotatable bonds is 1. The third-order valence-corrected chi connectivity index (χ3v) is 1.66. The SMILES string of the molecule is C#CNc1ccccc1.c1ccccc1. The van der Waals surface area contributed by atoms with E-state index in [1.54, 1.807) is 0 Å². The maximum absolute atomic E-state index is 5.00. The molecule has 1 nitrogen and oxygen atoms in total. The van der Waals surface area contributed by atoms with Gasteiger partial charge in [-0.3, -0.25) is 0 Å². The lowest BCUT2D eigenvalue weighted by Gasteiger charge is -1.93. The van der Waals surface area contributed by atoms with Gasteiger partial charge in [-0.05, 0) is 12.1 Å². The van der Waals surface area contributed by atoms with Crippen LogP contribution in [0, 0.1) is 12.5 Å². The lowest BCUT2D eigenvalue weighted by molar-refractivity contribution is 1.63. The predicted molar refractivity (Wildman–Crippen MR) is 65.3 cm³/mol. The van der Waals surface area contributed by atoms with Crippen molar-refractivity contribution in [2.45, 2.75) is 0 Å². The van der Waals surface area contributed by atoms with Gasteiger partial charge in [0.15, 0.2) is 0 Å². The van der Waals surface area contributed by atoms with Crippen molar-refractivity contribution in [2.24, 2.45) is 0 Å². The van der Waals surface area contributed by atoms with E-state index in [1.807, 2.05) is 66.7 Å². The molecule has 0 aliphatic heterocycles. The molecule has 15 heavy (non-hydrogen) atoms. The van der Waals surface area contributed by atoms with Crippen molar-refractivity contribution in [1.29, 1.82) is 0 Å². The van der Waals surface area contributed by atoms with Gasteiger partial charge in [0.25, 0.3) is 0 Å². The van der Waals surface area contributed by atoms with Crippen LogP contribution in [0.5, 0.6) is 0 Å². The molecule has 2 aromatic carbocycles. The summed E-state index contributed by atoms with van der Waals surface area (Å²) in [5.41, 5.74) is 0.958. The molecule has 0 heterocycles. The molecular weight excluding hydrogens is 182 g/mol. The Labute approximate surface area is 90.8 Å². The molecule has 0 aliphatic carbocycles. The molecule has 0 saturated heterocycles. The van der Waals surface area contributed by atoms with Crippen molar-refractivity contribution in [3.63, 3.8) is 0 Å². The minimum absolute atomic E-state index is 0.958. The Hall–Kier alpha value is -2.20. The second kappa shape index (κ2) is 7.23. The Morgan fingerprint density at radius 2 is 1.13 bits per heavy atom. The second-order valence-electron chi connectivity index (χ2n) is 2.79. The van der Waals surface area contributed by atoms with Crippen LogP contribution in [0.15, 0.2) is 66.7 Å². The topological polar surface area (TPSA) is 12.0 Å². The largest absolute Gasteiger partial charge is 0.315 e. The summed E-state index contributed by atoms with van der Waals surface area (Å²) in [4.78, 5) is 0. The fraction of sp³-hybridized carbons (Fsp3) is 0. The van der Waals surface area contributed by atoms with E-state index in [0.717, 1.165) is 5.69 Å². The summed E-state index contributed by atoms with van der Waals surface area (Å²) in [7, 11) is 0. The third-order valence-electron chi connectivity index (χ3n) is 1.66. The summed E-state index contributed by atoms with van der Waals surface area (Å²) in [5, 5.41) is 2.74. The van der Waals surface area contributed by atoms with Crippen molar-refractivity contribution in [1.82, 2.24) is 0 Å². The highest BCUT2D eigenvalue weighted by molar-refractivity contribution is 5.46.